The number of rotatable bonds is 7. The third-order valence-electron chi connectivity index (χ3n) is 4.69. The summed E-state index contributed by atoms with van der Waals surface area (Å²) in [6.07, 6.45) is 5.13. The predicted octanol–water partition coefficient (Wildman–Crippen LogP) is 2.32. The third-order valence-corrected chi connectivity index (χ3v) is 4.69. The van der Waals surface area contributed by atoms with Gasteiger partial charge in [-0.1, -0.05) is 11.2 Å². The van der Waals surface area contributed by atoms with E-state index in [1.807, 2.05) is 25.3 Å². The van der Waals surface area contributed by atoms with Crippen LogP contribution in [0.5, 0.6) is 0 Å². The highest BCUT2D eigenvalue weighted by Crippen LogP contribution is 2.20. The highest BCUT2D eigenvalue weighted by molar-refractivity contribution is 5.04. The van der Waals surface area contributed by atoms with Gasteiger partial charge in [-0.05, 0) is 51.4 Å². The molecule has 2 atom stereocenters. The molecule has 136 valence electrons. The monoisotopic (exact) mass is 345 g/mol. The first-order chi connectivity index (χ1) is 12.3. The fraction of sp³-hybridized carbons (Fsp3) is 0.611. The Labute approximate surface area is 148 Å². The van der Waals surface area contributed by atoms with Gasteiger partial charge in [-0.15, -0.1) is 0 Å². The SMILES string of the molecule is COC(C)c1noc(CN(Cc2ccccn2)C2CCCNCC2)n1. The molecule has 3 heterocycles. The van der Waals surface area contributed by atoms with Crippen molar-refractivity contribution < 1.29 is 9.26 Å². The number of aromatic nitrogens is 3. The van der Waals surface area contributed by atoms with Crippen molar-refractivity contribution in [1.29, 1.82) is 0 Å². The van der Waals surface area contributed by atoms with Gasteiger partial charge in [0, 0.05) is 25.9 Å². The average molecular weight is 345 g/mol. The molecule has 2 aromatic rings. The van der Waals surface area contributed by atoms with Crippen molar-refractivity contribution in [2.45, 2.75) is 51.4 Å². The van der Waals surface area contributed by atoms with Crippen LogP contribution in [0.15, 0.2) is 28.9 Å². The van der Waals surface area contributed by atoms with E-state index >= 15 is 0 Å². The summed E-state index contributed by atoms with van der Waals surface area (Å²) in [4.78, 5) is 11.4. The Morgan fingerprint density at radius 2 is 2.24 bits per heavy atom. The van der Waals surface area contributed by atoms with Crippen molar-refractivity contribution in [2.75, 3.05) is 20.2 Å². The van der Waals surface area contributed by atoms with Gasteiger partial charge >= 0.3 is 0 Å². The van der Waals surface area contributed by atoms with E-state index < -0.39 is 0 Å². The Morgan fingerprint density at radius 3 is 3.04 bits per heavy atom. The van der Waals surface area contributed by atoms with Gasteiger partial charge in [0.05, 0.1) is 12.2 Å². The van der Waals surface area contributed by atoms with E-state index in [0.717, 1.165) is 38.2 Å². The number of nitrogens with one attached hydrogen (secondary N) is 1. The summed E-state index contributed by atoms with van der Waals surface area (Å²) in [5, 5.41) is 7.52. The molecule has 25 heavy (non-hydrogen) atoms. The molecule has 0 aliphatic carbocycles. The van der Waals surface area contributed by atoms with Gasteiger partial charge < -0.3 is 14.6 Å². The minimum Gasteiger partial charge on any atom is -0.374 e. The summed E-state index contributed by atoms with van der Waals surface area (Å²) >= 11 is 0. The van der Waals surface area contributed by atoms with Gasteiger partial charge in [-0.3, -0.25) is 9.88 Å². The molecule has 2 aromatic heterocycles. The minimum absolute atomic E-state index is 0.163. The molecule has 0 bridgehead atoms. The molecule has 1 N–H and O–H groups in total. The first-order valence-corrected chi connectivity index (χ1v) is 8.96. The smallest absolute Gasteiger partial charge is 0.240 e. The van der Waals surface area contributed by atoms with Crippen molar-refractivity contribution in [3.8, 4) is 0 Å². The van der Waals surface area contributed by atoms with E-state index in [0.29, 0.717) is 24.3 Å². The normalized spacial score (nSPS) is 19.7. The van der Waals surface area contributed by atoms with Crippen LogP contribution >= 0.6 is 0 Å². The van der Waals surface area contributed by atoms with Crippen LogP contribution in [0.4, 0.5) is 0 Å². The second kappa shape index (κ2) is 9.03. The number of pyridine rings is 1. The lowest BCUT2D eigenvalue weighted by molar-refractivity contribution is 0.109. The predicted molar refractivity (Wildman–Crippen MR) is 93.7 cm³/mol. The van der Waals surface area contributed by atoms with Crippen LogP contribution in [0, 0.1) is 0 Å². The largest absolute Gasteiger partial charge is 0.374 e. The fourth-order valence-corrected chi connectivity index (χ4v) is 3.16. The number of nitrogens with zero attached hydrogens (tertiary/aromatic N) is 4. The van der Waals surface area contributed by atoms with Gasteiger partial charge in [0.15, 0.2) is 5.82 Å². The van der Waals surface area contributed by atoms with E-state index in [9.17, 15) is 0 Å². The maximum atomic E-state index is 5.46. The Morgan fingerprint density at radius 1 is 1.32 bits per heavy atom. The van der Waals surface area contributed by atoms with Crippen LogP contribution in [0.2, 0.25) is 0 Å². The average Bonchev–Trinajstić information content (AvgIpc) is 2.94. The van der Waals surface area contributed by atoms with Crippen LogP contribution < -0.4 is 5.32 Å². The first kappa shape index (κ1) is 18.0. The Hall–Kier alpha value is -1.83. The summed E-state index contributed by atoms with van der Waals surface area (Å²) in [7, 11) is 1.65. The molecule has 0 amide bonds. The molecular formula is C18H27N5O2. The van der Waals surface area contributed by atoms with Crippen molar-refractivity contribution in [3.05, 3.63) is 41.8 Å². The number of hydrogen-bond acceptors (Lipinski definition) is 7. The molecule has 2 unspecified atom stereocenters. The molecule has 3 rings (SSSR count). The first-order valence-electron chi connectivity index (χ1n) is 8.96. The van der Waals surface area contributed by atoms with E-state index in [2.05, 4.69) is 31.4 Å². The molecule has 1 saturated heterocycles. The van der Waals surface area contributed by atoms with Crippen LogP contribution in [0.1, 0.15) is 49.7 Å². The maximum absolute atomic E-state index is 5.46. The second-order valence-corrected chi connectivity index (χ2v) is 6.49. The zero-order valence-corrected chi connectivity index (χ0v) is 15.0. The quantitative estimate of drug-likeness (QED) is 0.825. The maximum Gasteiger partial charge on any atom is 0.240 e. The molecule has 0 saturated carbocycles. The van der Waals surface area contributed by atoms with E-state index in [1.54, 1.807) is 7.11 Å². The molecular weight excluding hydrogens is 318 g/mol. The fourth-order valence-electron chi connectivity index (χ4n) is 3.16. The molecule has 0 spiro atoms. The topological polar surface area (TPSA) is 76.3 Å². The standard InChI is InChI=1S/C18H27N5O2/c1-14(24-2)18-21-17(25-22-18)13-23(12-15-6-3-4-10-20-15)16-7-5-9-19-11-8-16/h3-4,6,10,14,16,19H,5,7-9,11-13H2,1-2H3. The van der Waals surface area contributed by atoms with Gasteiger partial charge in [0.25, 0.3) is 0 Å². The Balaban J connectivity index is 1.74. The molecule has 1 aliphatic heterocycles. The highest BCUT2D eigenvalue weighted by atomic mass is 16.5. The number of methoxy groups -OCH3 is 1. The van der Waals surface area contributed by atoms with Crippen molar-refractivity contribution >= 4 is 0 Å². The summed E-state index contributed by atoms with van der Waals surface area (Å²) < 4.78 is 10.7. The zero-order chi connectivity index (χ0) is 17.5. The lowest BCUT2D eigenvalue weighted by atomic mass is 10.1. The second-order valence-electron chi connectivity index (χ2n) is 6.49. The van der Waals surface area contributed by atoms with Crippen LogP contribution in [-0.4, -0.2) is 46.3 Å². The van der Waals surface area contributed by atoms with Crippen LogP contribution in [0.3, 0.4) is 0 Å². The molecule has 1 fully saturated rings. The van der Waals surface area contributed by atoms with Crippen molar-refractivity contribution in [1.82, 2.24) is 25.3 Å². The molecule has 0 radical (unpaired) electrons. The third kappa shape index (κ3) is 5.07. The zero-order valence-electron chi connectivity index (χ0n) is 15.0. The van der Waals surface area contributed by atoms with Gasteiger partial charge in [-0.2, -0.15) is 4.98 Å². The molecule has 7 nitrogen and oxygen atoms in total. The van der Waals surface area contributed by atoms with Crippen LogP contribution in [0.25, 0.3) is 0 Å². The Kier molecular flexibility index (Phi) is 6.49. The summed E-state index contributed by atoms with van der Waals surface area (Å²) in [6, 6.07) is 6.51. The number of ether oxygens (including phenoxy) is 1. The molecule has 1 aliphatic rings. The van der Waals surface area contributed by atoms with Gasteiger partial charge in [0.1, 0.15) is 6.10 Å². The van der Waals surface area contributed by atoms with E-state index in [4.69, 9.17) is 9.26 Å². The van der Waals surface area contributed by atoms with Crippen molar-refractivity contribution in [2.24, 2.45) is 0 Å². The number of hydrogen-bond donors (Lipinski definition) is 1. The van der Waals surface area contributed by atoms with Crippen molar-refractivity contribution in [3.63, 3.8) is 0 Å². The molecule has 0 aromatic carbocycles. The van der Waals surface area contributed by atoms with Gasteiger partial charge in [-0.25, -0.2) is 0 Å². The molecule has 7 heteroatoms. The summed E-state index contributed by atoms with van der Waals surface area (Å²) in [5.41, 5.74) is 1.06. The lowest BCUT2D eigenvalue weighted by Crippen LogP contribution is -2.35. The summed E-state index contributed by atoms with van der Waals surface area (Å²) in [6.45, 7) is 5.45. The van der Waals surface area contributed by atoms with Gasteiger partial charge in [0.2, 0.25) is 5.89 Å². The Bertz CT molecular complexity index is 625. The van der Waals surface area contributed by atoms with Crippen LogP contribution in [-0.2, 0) is 17.8 Å². The minimum atomic E-state index is -0.163. The van der Waals surface area contributed by atoms with E-state index in [1.165, 1.54) is 6.42 Å². The highest BCUT2D eigenvalue weighted by Gasteiger charge is 2.23. The summed E-state index contributed by atoms with van der Waals surface area (Å²) in [5.74, 6) is 1.23. The van der Waals surface area contributed by atoms with E-state index in [-0.39, 0.29) is 6.10 Å². The lowest BCUT2D eigenvalue weighted by Gasteiger charge is -2.29.